The average molecular weight is 323 g/mol. The van der Waals surface area contributed by atoms with E-state index in [4.69, 9.17) is 34.8 Å². The van der Waals surface area contributed by atoms with Crippen molar-refractivity contribution >= 4 is 40.7 Å². The molecule has 2 N–H and O–H groups in total. The maximum absolute atomic E-state index is 11.8. The van der Waals surface area contributed by atoms with Crippen LogP contribution in [0, 0.1) is 5.92 Å². The maximum atomic E-state index is 11.8. The third kappa shape index (κ3) is 3.54. The molecule has 6 heteroatoms. The molecule has 3 atom stereocenters. The fourth-order valence-corrected chi connectivity index (χ4v) is 2.48. The summed E-state index contributed by atoms with van der Waals surface area (Å²) in [5.74, 6) is -0.624. The molecule has 19 heavy (non-hydrogen) atoms. The minimum Gasteiger partial charge on any atom is -0.386 e. The summed E-state index contributed by atoms with van der Waals surface area (Å²) in [7, 11) is 0. The Balaban J connectivity index is 1.94. The molecular weight excluding hydrogens is 309 g/mol. The van der Waals surface area contributed by atoms with Crippen molar-refractivity contribution < 1.29 is 9.90 Å². The van der Waals surface area contributed by atoms with Gasteiger partial charge >= 0.3 is 0 Å². The Morgan fingerprint density at radius 3 is 2.42 bits per heavy atom. The van der Waals surface area contributed by atoms with Crippen molar-refractivity contribution in [3.8, 4) is 0 Å². The van der Waals surface area contributed by atoms with Gasteiger partial charge in [0.15, 0.2) is 0 Å². The number of aliphatic hydroxyl groups excluding tert-OH is 1. The van der Waals surface area contributed by atoms with Gasteiger partial charge in [-0.25, -0.2) is 0 Å². The molecule has 0 radical (unpaired) electrons. The smallest absolute Gasteiger partial charge is 0.226 e. The molecule has 3 unspecified atom stereocenters. The summed E-state index contributed by atoms with van der Waals surface area (Å²) in [5.41, 5.74) is 0.691. The largest absolute Gasteiger partial charge is 0.386 e. The van der Waals surface area contributed by atoms with Gasteiger partial charge in [-0.1, -0.05) is 23.7 Å². The molecule has 0 heterocycles. The van der Waals surface area contributed by atoms with Crippen molar-refractivity contribution in [1.82, 2.24) is 5.32 Å². The highest BCUT2D eigenvalue weighted by Gasteiger charge is 2.56. The lowest BCUT2D eigenvalue weighted by atomic mass is 10.0. The second kappa shape index (κ2) is 5.49. The van der Waals surface area contributed by atoms with Gasteiger partial charge in [0.2, 0.25) is 5.91 Å². The molecule has 1 aromatic carbocycles. The Labute approximate surface area is 126 Å². The normalized spacial score (nSPS) is 23.5. The van der Waals surface area contributed by atoms with Crippen LogP contribution in [0.5, 0.6) is 0 Å². The standard InChI is InChI=1S/C13H14Cl3NO2/c1-7(17-12(19)10-6-13(10,15)16)11(18)8-2-4-9(14)5-3-8/h2-5,7,10-11,18H,6H2,1H3,(H,17,19). The van der Waals surface area contributed by atoms with Gasteiger partial charge in [-0.2, -0.15) is 0 Å². The number of halogens is 3. The Morgan fingerprint density at radius 2 is 1.95 bits per heavy atom. The minimum absolute atomic E-state index is 0.231. The van der Waals surface area contributed by atoms with Crippen molar-refractivity contribution in [3.05, 3.63) is 34.9 Å². The molecule has 1 aliphatic carbocycles. The van der Waals surface area contributed by atoms with Crippen LogP contribution in [0.3, 0.4) is 0 Å². The Bertz CT molecular complexity index is 475. The monoisotopic (exact) mass is 321 g/mol. The maximum Gasteiger partial charge on any atom is 0.226 e. The van der Waals surface area contributed by atoms with Crippen molar-refractivity contribution in [1.29, 1.82) is 0 Å². The number of carbonyl (C=O) groups excluding carboxylic acids is 1. The fourth-order valence-electron chi connectivity index (χ4n) is 1.85. The first-order chi connectivity index (χ1) is 8.81. The fraction of sp³-hybridized carbons (Fsp3) is 0.462. The van der Waals surface area contributed by atoms with Crippen molar-refractivity contribution in [2.75, 3.05) is 0 Å². The third-order valence-corrected chi connectivity index (χ3v) is 4.28. The Hall–Kier alpha value is -0.480. The van der Waals surface area contributed by atoms with Crippen LogP contribution in [0.1, 0.15) is 25.0 Å². The molecule has 1 saturated carbocycles. The van der Waals surface area contributed by atoms with Crippen LogP contribution in [0.2, 0.25) is 5.02 Å². The topological polar surface area (TPSA) is 49.3 Å². The van der Waals surface area contributed by atoms with E-state index < -0.39 is 22.4 Å². The zero-order chi connectivity index (χ0) is 14.2. The van der Waals surface area contributed by atoms with E-state index in [-0.39, 0.29) is 5.91 Å². The zero-order valence-electron chi connectivity index (χ0n) is 10.2. The first kappa shape index (κ1) is 14.9. The first-order valence-corrected chi connectivity index (χ1v) is 7.06. The molecule has 104 valence electrons. The summed E-state index contributed by atoms with van der Waals surface area (Å²) in [4.78, 5) is 11.8. The van der Waals surface area contributed by atoms with Crippen LogP contribution in [-0.2, 0) is 4.79 Å². The molecule has 0 spiro atoms. The summed E-state index contributed by atoms with van der Waals surface area (Å²) in [6.45, 7) is 1.73. The van der Waals surface area contributed by atoms with Crippen LogP contribution in [0.15, 0.2) is 24.3 Å². The van der Waals surface area contributed by atoms with Crippen molar-refractivity contribution in [3.63, 3.8) is 0 Å². The van der Waals surface area contributed by atoms with Crippen LogP contribution in [0.4, 0.5) is 0 Å². The predicted molar refractivity (Wildman–Crippen MR) is 76.6 cm³/mol. The summed E-state index contributed by atoms with van der Waals surface area (Å²) < 4.78 is -0.949. The van der Waals surface area contributed by atoms with Gasteiger partial charge in [0.1, 0.15) is 4.33 Å². The van der Waals surface area contributed by atoms with Gasteiger partial charge in [-0.15, -0.1) is 23.2 Å². The van der Waals surface area contributed by atoms with Crippen LogP contribution in [0.25, 0.3) is 0 Å². The second-order valence-electron chi connectivity index (χ2n) is 4.81. The van der Waals surface area contributed by atoms with Gasteiger partial charge in [-0.05, 0) is 31.0 Å². The van der Waals surface area contributed by atoms with E-state index in [0.29, 0.717) is 17.0 Å². The molecule has 1 fully saturated rings. The number of nitrogens with one attached hydrogen (secondary N) is 1. The molecular formula is C13H14Cl3NO2. The van der Waals surface area contributed by atoms with E-state index in [1.54, 1.807) is 31.2 Å². The predicted octanol–water partition coefficient (Wildman–Crippen LogP) is 3.07. The summed E-state index contributed by atoms with van der Waals surface area (Å²) in [6.07, 6.45) is -0.355. The number of amides is 1. The average Bonchev–Trinajstić information content (AvgIpc) is 2.98. The zero-order valence-corrected chi connectivity index (χ0v) is 12.5. The van der Waals surface area contributed by atoms with Crippen LogP contribution < -0.4 is 5.32 Å². The van der Waals surface area contributed by atoms with Gasteiger partial charge in [-0.3, -0.25) is 4.79 Å². The lowest BCUT2D eigenvalue weighted by molar-refractivity contribution is -0.123. The molecule has 0 aromatic heterocycles. The molecule has 0 bridgehead atoms. The first-order valence-electron chi connectivity index (χ1n) is 5.93. The number of rotatable bonds is 4. The molecule has 2 rings (SSSR count). The number of hydrogen-bond donors (Lipinski definition) is 2. The minimum atomic E-state index is -0.949. The quantitative estimate of drug-likeness (QED) is 0.837. The number of aliphatic hydroxyl groups is 1. The van der Waals surface area contributed by atoms with E-state index >= 15 is 0 Å². The van der Waals surface area contributed by atoms with Crippen LogP contribution in [-0.4, -0.2) is 21.4 Å². The summed E-state index contributed by atoms with van der Waals surface area (Å²) >= 11 is 17.4. The molecule has 3 nitrogen and oxygen atoms in total. The van der Waals surface area contributed by atoms with Crippen LogP contribution >= 0.6 is 34.8 Å². The van der Waals surface area contributed by atoms with E-state index in [2.05, 4.69) is 5.32 Å². The highest BCUT2D eigenvalue weighted by atomic mass is 35.5. The summed E-state index contributed by atoms with van der Waals surface area (Å²) in [6, 6.07) is 6.40. The van der Waals surface area contributed by atoms with Gasteiger partial charge in [0.05, 0.1) is 18.1 Å². The second-order valence-corrected chi connectivity index (χ2v) is 6.79. The third-order valence-electron chi connectivity index (χ3n) is 3.20. The summed E-state index contributed by atoms with van der Waals surface area (Å²) in [5, 5.41) is 13.5. The number of carbonyl (C=O) groups is 1. The lowest BCUT2D eigenvalue weighted by Gasteiger charge is -2.21. The SMILES string of the molecule is CC(NC(=O)C1CC1(Cl)Cl)C(O)c1ccc(Cl)cc1. The van der Waals surface area contributed by atoms with Gasteiger partial charge < -0.3 is 10.4 Å². The molecule has 1 amide bonds. The Kier molecular flexibility index (Phi) is 4.31. The lowest BCUT2D eigenvalue weighted by Crippen LogP contribution is -2.38. The molecule has 1 aromatic rings. The van der Waals surface area contributed by atoms with E-state index in [1.807, 2.05) is 0 Å². The van der Waals surface area contributed by atoms with Crippen molar-refractivity contribution in [2.45, 2.75) is 29.8 Å². The van der Waals surface area contributed by atoms with E-state index in [0.717, 1.165) is 0 Å². The van der Waals surface area contributed by atoms with E-state index in [9.17, 15) is 9.90 Å². The highest BCUT2D eigenvalue weighted by Crippen LogP contribution is 2.53. The molecule has 1 aliphatic rings. The number of hydrogen-bond acceptors (Lipinski definition) is 2. The highest BCUT2D eigenvalue weighted by molar-refractivity contribution is 6.52. The number of alkyl halides is 2. The molecule has 0 saturated heterocycles. The Morgan fingerprint density at radius 1 is 1.42 bits per heavy atom. The van der Waals surface area contributed by atoms with Gasteiger partial charge in [0.25, 0.3) is 0 Å². The number of benzene rings is 1. The van der Waals surface area contributed by atoms with E-state index in [1.165, 1.54) is 0 Å². The van der Waals surface area contributed by atoms with Gasteiger partial charge in [0, 0.05) is 5.02 Å². The molecule has 0 aliphatic heterocycles. The van der Waals surface area contributed by atoms with Crippen molar-refractivity contribution in [2.24, 2.45) is 5.92 Å².